The van der Waals surface area contributed by atoms with Crippen LogP contribution >= 0.6 is 0 Å². The van der Waals surface area contributed by atoms with Crippen molar-refractivity contribution in [2.45, 2.75) is 25.4 Å². The number of amides is 4. The highest BCUT2D eigenvalue weighted by Crippen LogP contribution is 2.30. The molecule has 170 valence electrons. The molecule has 0 bridgehead atoms. The van der Waals surface area contributed by atoms with E-state index in [0.717, 1.165) is 36.9 Å². The van der Waals surface area contributed by atoms with E-state index in [4.69, 9.17) is 0 Å². The number of hydrogen-bond donors (Lipinski definition) is 3. The topological polar surface area (TPSA) is 137 Å². The average Bonchev–Trinajstić information content (AvgIpc) is 3.09. The maximum Gasteiger partial charge on any atom is 0.262 e. The zero-order chi connectivity index (χ0) is 22.9. The third kappa shape index (κ3) is 3.91. The second kappa shape index (κ2) is 8.58. The number of carbonyl (C=O) groups excluding carboxylic acids is 4. The van der Waals surface area contributed by atoms with E-state index in [1.54, 1.807) is 30.6 Å². The number of carbonyl (C=O) groups is 4. The molecule has 3 N–H and O–H groups in total. The number of nitrogens with one attached hydrogen (secondary N) is 3. The first-order valence-corrected chi connectivity index (χ1v) is 10.9. The molecular formula is C22H23N7O4. The molecule has 0 saturated carbocycles. The molecule has 0 aliphatic carbocycles. The van der Waals surface area contributed by atoms with E-state index in [9.17, 15) is 19.2 Å². The van der Waals surface area contributed by atoms with Gasteiger partial charge in [-0.3, -0.25) is 29.4 Å². The summed E-state index contributed by atoms with van der Waals surface area (Å²) in [6.45, 7) is 3.81. The molecule has 33 heavy (non-hydrogen) atoms. The molecule has 2 aromatic rings. The van der Waals surface area contributed by atoms with Crippen LogP contribution in [0.5, 0.6) is 0 Å². The molecule has 11 heteroatoms. The number of piperidine rings is 1. The summed E-state index contributed by atoms with van der Waals surface area (Å²) in [6.07, 6.45) is 3.56. The molecule has 2 fully saturated rings. The first-order chi connectivity index (χ1) is 16.0. The van der Waals surface area contributed by atoms with Gasteiger partial charge in [0.15, 0.2) is 0 Å². The largest absolute Gasteiger partial charge is 0.365 e. The van der Waals surface area contributed by atoms with Crippen LogP contribution in [0.3, 0.4) is 0 Å². The lowest BCUT2D eigenvalue weighted by atomic mass is 10.0. The Kier molecular flexibility index (Phi) is 5.47. The van der Waals surface area contributed by atoms with E-state index in [1.807, 2.05) is 0 Å². The quantitative estimate of drug-likeness (QED) is 0.535. The molecule has 3 aliphatic rings. The van der Waals surface area contributed by atoms with Gasteiger partial charge in [0, 0.05) is 39.1 Å². The summed E-state index contributed by atoms with van der Waals surface area (Å²) in [5, 5.41) is 8.66. The molecule has 1 unspecified atom stereocenters. The number of piperazine rings is 1. The lowest BCUT2D eigenvalue weighted by Crippen LogP contribution is -2.54. The SMILES string of the molecule is O=C1CCC(N2C(=O)c3cccc(CNc4cnc(N5CCNCC5)cn4)c3C2=O)C(=O)N1. The van der Waals surface area contributed by atoms with Crippen molar-refractivity contribution in [1.82, 2.24) is 25.5 Å². The van der Waals surface area contributed by atoms with Crippen molar-refractivity contribution in [2.75, 3.05) is 36.4 Å². The summed E-state index contributed by atoms with van der Waals surface area (Å²) in [6, 6.07) is 4.05. The van der Waals surface area contributed by atoms with Gasteiger partial charge >= 0.3 is 0 Å². The lowest BCUT2D eigenvalue weighted by Gasteiger charge is -2.28. The van der Waals surface area contributed by atoms with E-state index < -0.39 is 29.7 Å². The fourth-order valence-corrected chi connectivity index (χ4v) is 4.39. The fraction of sp³-hybridized carbons (Fsp3) is 0.364. The van der Waals surface area contributed by atoms with Crippen molar-refractivity contribution < 1.29 is 19.2 Å². The summed E-state index contributed by atoms with van der Waals surface area (Å²) in [4.78, 5) is 61.8. The zero-order valence-electron chi connectivity index (χ0n) is 17.8. The minimum Gasteiger partial charge on any atom is -0.365 e. The van der Waals surface area contributed by atoms with Crippen molar-refractivity contribution in [3.05, 3.63) is 47.3 Å². The predicted octanol–water partition coefficient (Wildman–Crippen LogP) is -0.100. The van der Waals surface area contributed by atoms with Gasteiger partial charge in [-0.1, -0.05) is 12.1 Å². The first kappa shape index (κ1) is 21.0. The Balaban J connectivity index is 1.31. The van der Waals surface area contributed by atoms with Crippen molar-refractivity contribution in [2.24, 2.45) is 0 Å². The maximum atomic E-state index is 13.2. The number of fused-ring (bicyclic) bond motifs is 1. The van der Waals surface area contributed by atoms with Crippen LogP contribution in [-0.4, -0.2) is 70.7 Å². The molecule has 1 aromatic carbocycles. The number of imide groups is 2. The maximum absolute atomic E-state index is 13.2. The van der Waals surface area contributed by atoms with Gasteiger partial charge in [0.25, 0.3) is 11.8 Å². The highest BCUT2D eigenvalue weighted by molar-refractivity contribution is 6.24. The van der Waals surface area contributed by atoms with Gasteiger partial charge in [-0.25, -0.2) is 9.97 Å². The average molecular weight is 449 g/mol. The van der Waals surface area contributed by atoms with Crippen LogP contribution < -0.4 is 20.9 Å². The van der Waals surface area contributed by atoms with E-state index >= 15 is 0 Å². The summed E-state index contributed by atoms with van der Waals surface area (Å²) in [5.41, 5.74) is 1.14. The number of hydrogen-bond acceptors (Lipinski definition) is 9. The highest BCUT2D eigenvalue weighted by atomic mass is 16.2. The lowest BCUT2D eigenvalue weighted by molar-refractivity contribution is -0.136. The van der Waals surface area contributed by atoms with Gasteiger partial charge in [-0.2, -0.15) is 0 Å². The van der Waals surface area contributed by atoms with Crippen LogP contribution in [0.15, 0.2) is 30.6 Å². The van der Waals surface area contributed by atoms with E-state index in [0.29, 0.717) is 11.4 Å². The van der Waals surface area contributed by atoms with Crippen molar-refractivity contribution in [1.29, 1.82) is 0 Å². The molecule has 3 aliphatic heterocycles. The molecule has 1 atom stereocenters. The predicted molar refractivity (Wildman–Crippen MR) is 118 cm³/mol. The Bertz CT molecular complexity index is 1130. The summed E-state index contributed by atoms with van der Waals surface area (Å²) >= 11 is 0. The van der Waals surface area contributed by atoms with Crippen LogP contribution in [0, 0.1) is 0 Å². The summed E-state index contributed by atoms with van der Waals surface area (Å²) in [7, 11) is 0. The number of nitrogens with zero attached hydrogens (tertiary/aromatic N) is 4. The van der Waals surface area contributed by atoms with Crippen LogP contribution in [-0.2, 0) is 16.1 Å². The number of aromatic nitrogens is 2. The molecule has 2 saturated heterocycles. The number of anilines is 2. The third-order valence-corrected chi connectivity index (χ3v) is 6.09. The molecule has 1 aromatic heterocycles. The third-order valence-electron chi connectivity index (χ3n) is 6.09. The summed E-state index contributed by atoms with van der Waals surface area (Å²) in [5.74, 6) is -0.718. The van der Waals surface area contributed by atoms with Gasteiger partial charge in [0.2, 0.25) is 11.8 Å². The number of rotatable bonds is 5. The van der Waals surface area contributed by atoms with Gasteiger partial charge in [0.1, 0.15) is 17.7 Å². The standard InChI is InChI=1S/C22H23N7O4/c30-18-5-4-15(20(31)27-18)29-21(32)14-3-1-2-13(19(14)22(29)33)10-24-16-11-26-17(12-25-16)28-8-6-23-7-9-28/h1-3,11-12,15,23H,4-10H2,(H,24,25)(H,27,30,31). The monoisotopic (exact) mass is 449 g/mol. The van der Waals surface area contributed by atoms with Crippen molar-refractivity contribution >= 4 is 35.3 Å². The Labute approximate surface area is 189 Å². The molecule has 0 spiro atoms. The van der Waals surface area contributed by atoms with Crippen LogP contribution in [0.4, 0.5) is 11.6 Å². The van der Waals surface area contributed by atoms with E-state index in [1.165, 1.54) is 0 Å². The van der Waals surface area contributed by atoms with E-state index in [2.05, 4.69) is 30.8 Å². The zero-order valence-corrected chi connectivity index (χ0v) is 17.8. The highest BCUT2D eigenvalue weighted by Gasteiger charge is 2.45. The number of benzene rings is 1. The molecule has 5 rings (SSSR count). The summed E-state index contributed by atoms with van der Waals surface area (Å²) < 4.78 is 0. The van der Waals surface area contributed by atoms with Crippen LogP contribution in [0.2, 0.25) is 0 Å². The van der Waals surface area contributed by atoms with Crippen molar-refractivity contribution in [3.8, 4) is 0 Å². The Morgan fingerprint density at radius 2 is 1.85 bits per heavy atom. The molecule has 11 nitrogen and oxygen atoms in total. The van der Waals surface area contributed by atoms with Crippen LogP contribution in [0.25, 0.3) is 0 Å². The van der Waals surface area contributed by atoms with Crippen LogP contribution in [0.1, 0.15) is 39.1 Å². The van der Waals surface area contributed by atoms with E-state index in [-0.39, 0.29) is 30.5 Å². The minimum absolute atomic E-state index is 0.0842. The molecule has 0 radical (unpaired) electrons. The first-order valence-electron chi connectivity index (χ1n) is 10.9. The molecule has 4 amide bonds. The molecular weight excluding hydrogens is 426 g/mol. The second-order valence-corrected chi connectivity index (χ2v) is 8.14. The van der Waals surface area contributed by atoms with Gasteiger partial charge < -0.3 is 15.5 Å². The van der Waals surface area contributed by atoms with Gasteiger partial charge in [-0.15, -0.1) is 0 Å². The van der Waals surface area contributed by atoms with Crippen molar-refractivity contribution in [3.63, 3.8) is 0 Å². The smallest absolute Gasteiger partial charge is 0.262 e. The molecule has 4 heterocycles. The minimum atomic E-state index is -0.987. The normalized spacial score (nSPS) is 20.7. The Morgan fingerprint density at radius 1 is 1.03 bits per heavy atom. The Morgan fingerprint density at radius 3 is 2.58 bits per heavy atom. The van der Waals surface area contributed by atoms with Gasteiger partial charge in [-0.05, 0) is 18.1 Å². The van der Waals surface area contributed by atoms with Gasteiger partial charge in [0.05, 0.1) is 23.5 Å². The fourth-order valence-electron chi connectivity index (χ4n) is 4.39. The Hall–Kier alpha value is -3.86. The second-order valence-electron chi connectivity index (χ2n) is 8.14.